The molecule has 0 saturated heterocycles. The Labute approximate surface area is 132 Å². The molecule has 2 atom stereocenters. The van der Waals surface area contributed by atoms with Crippen LogP contribution in [0.5, 0.6) is 0 Å². The molecule has 2 N–H and O–H groups in total. The Hall–Kier alpha value is -2.70. The molecule has 122 valence electrons. The van der Waals surface area contributed by atoms with Crippen LogP contribution >= 0.6 is 0 Å². The highest BCUT2D eigenvalue weighted by Gasteiger charge is 2.41. The standard InChI is InChI=1S/C16H17FN2O4/c1-3-23-16(21)13-12(9-4-6-10(17)7-5-9)11(15(20)22-2)8-19-14(13)18/h4-8,12-13H,3H2,1-2H3,(H2,18,19). The molecule has 0 bridgehead atoms. The quantitative estimate of drug-likeness (QED) is 0.849. The maximum atomic E-state index is 13.2. The fraction of sp³-hybridized carbons (Fsp3) is 0.312. The maximum Gasteiger partial charge on any atom is 0.335 e. The summed E-state index contributed by atoms with van der Waals surface area (Å²) >= 11 is 0. The first-order valence-corrected chi connectivity index (χ1v) is 7.03. The summed E-state index contributed by atoms with van der Waals surface area (Å²) in [5, 5.41) is 0. The van der Waals surface area contributed by atoms with Crippen molar-refractivity contribution in [1.29, 1.82) is 0 Å². The minimum atomic E-state index is -0.973. The van der Waals surface area contributed by atoms with E-state index in [1.807, 2.05) is 0 Å². The summed E-state index contributed by atoms with van der Waals surface area (Å²) in [6.45, 7) is 1.83. The first-order valence-electron chi connectivity index (χ1n) is 7.03. The molecule has 0 radical (unpaired) electrons. The number of carbonyl (C=O) groups excluding carboxylic acids is 2. The van der Waals surface area contributed by atoms with Crippen molar-refractivity contribution >= 4 is 17.8 Å². The first kappa shape index (κ1) is 16.7. The fourth-order valence-corrected chi connectivity index (χ4v) is 2.48. The van der Waals surface area contributed by atoms with Crippen molar-refractivity contribution in [1.82, 2.24) is 0 Å². The number of rotatable bonds is 4. The molecule has 0 fully saturated rings. The number of esters is 2. The SMILES string of the molecule is CCOC(=O)C1C(N)=NC=C(C(=O)OC)C1c1ccc(F)cc1. The van der Waals surface area contributed by atoms with Crippen molar-refractivity contribution in [2.75, 3.05) is 13.7 Å². The van der Waals surface area contributed by atoms with Gasteiger partial charge in [0.05, 0.1) is 19.3 Å². The van der Waals surface area contributed by atoms with Crippen molar-refractivity contribution < 1.29 is 23.5 Å². The summed E-state index contributed by atoms with van der Waals surface area (Å²) in [6.07, 6.45) is 1.27. The van der Waals surface area contributed by atoms with Gasteiger partial charge in [0.2, 0.25) is 0 Å². The topological polar surface area (TPSA) is 91.0 Å². The van der Waals surface area contributed by atoms with Crippen LogP contribution in [0.15, 0.2) is 41.0 Å². The Morgan fingerprint density at radius 3 is 2.52 bits per heavy atom. The molecule has 2 unspecified atom stereocenters. The van der Waals surface area contributed by atoms with Crippen LogP contribution < -0.4 is 5.73 Å². The minimum Gasteiger partial charge on any atom is -0.466 e. The molecule has 0 aromatic heterocycles. The van der Waals surface area contributed by atoms with E-state index in [1.165, 1.54) is 37.6 Å². The number of nitrogens with zero attached hydrogens (tertiary/aromatic N) is 1. The van der Waals surface area contributed by atoms with Gasteiger partial charge in [-0.2, -0.15) is 0 Å². The smallest absolute Gasteiger partial charge is 0.335 e. The van der Waals surface area contributed by atoms with E-state index in [0.717, 1.165) is 0 Å². The fourth-order valence-electron chi connectivity index (χ4n) is 2.48. The molecular formula is C16H17FN2O4. The van der Waals surface area contributed by atoms with Gasteiger partial charge in [0.15, 0.2) is 0 Å². The lowest BCUT2D eigenvalue weighted by Crippen LogP contribution is -2.40. The molecule has 7 heteroatoms. The van der Waals surface area contributed by atoms with Gasteiger partial charge < -0.3 is 15.2 Å². The normalized spacial score (nSPS) is 20.3. The highest BCUT2D eigenvalue weighted by atomic mass is 19.1. The number of hydrogen-bond donors (Lipinski definition) is 1. The molecule has 23 heavy (non-hydrogen) atoms. The predicted octanol–water partition coefficient (Wildman–Crippen LogP) is 1.52. The minimum absolute atomic E-state index is 0.0328. The molecule has 0 spiro atoms. The summed E-state index contributed by atoms with van der Waals surface area (Å²) in [4.78, 5) is 28.2. The summed E-state index contributed by atoms with van der Waals surface area (Å²) in [7, 11) is 1.23. The largest absolute Gasteiger partial charge is 0.466 e. The van der Waals surface area contributed by atoms with Gasteiger partial charge in [-0.25, -0.2) is 14.2 Å². The predicted molar refractivity (Wildman–Crippen MR) is 81.0 cm³/mol. The maximum absolute atomic E-state index is 13.2. The Balaban J connectivity index is 2.52. The second-order valence-electron chi connectivity index (χ2n) is 4.89. The lowest BCUT2D eigenvalue weighted by atomic mass is 9.78. The van der Waals surface area contributed by atoms with E-state index in [2.05, 4.69) is 4.99 Å². The van der Waals surface area contributed by atoms with E-state index in [4.69, 9.17) is 15.2 Å². The second-order valence-corrected chi connectivity index (χ2v) is 4.89. The third-order valence-corrected chi connectivity index (χ3v) is 3.53. The Kier molecular flexibility index (Phi) is 5.10. The van der Waals surface area contributed by atoms with E-state index < -0.39 is 29.6 Å². The van der Waals surface area contributed by atoms with Crippen LogP contribution in [-0.4, -0.2) is 31.5 Å². The summed E-state index contributed by atoms with van der Waals surface area (Å²) in [5.41, 5.74) is 6.55. The van der Waals surface area contributed by atoms with Gasteiger partial charge >= 0.3 is 11.9 Å². The number of nitrogens with two attached hydrogens (primary N) is 1. The lowest BCUT2D eigenvalue weighted by molar-refractivity contribution is -0.146. The van der Waals surface area contributed by atoms with Gasteiger partial charge in [-0.3, -0.25) is 4.79 Å². The van der Waals surface area contributed by atoms with Crippen molar-refractivity contribution in [3.05, 3.63) is 47.4 Å². The van der Waals surface area contributed by atoms with Crippen LogP contribution in [0, 0.1) is 11.7 Å². The number of halogens is 1. The molecule has 1 aliphatic rings. The van der Waals surface area contributed by atoms with Crippen molar-refractivity contribution in [2.24, 2.45) is 16.6 Å². The molecular weight excluding hydrogens is 303 g/mol. The van der Waals surface area contributed by atoms with Gasteiger partial charge in [0.25, 0.3) is 0 Å². The number of aliphatic imine (C=N–C) groups is 1. The first-order chi connectivity index (χ1) is 11.0. The number of carbonyl (C=O) groups is 2. The van der Waals surface area contributed by atoms with Crippen LogP contribution in [0.4, 0.5) is 4.39 Å². The van der Waals surface area contributed by atoms with Crippen LogP contribution in [0.3, 0.4) is 0 Å². The van der Waals surface area contributed by atoms with E-state index in [0.29, 0.717) is 5.56 Å². The molecule has 0 saturated carbocycles. The average molecular weight is 320 g/mol. The molecule has 1 aromatic carbocycles. The highest BCUT2D eigenvalue weighted by Crippen LogP contribution is 2.36. The summed E-state index contributed by atoms with van der Waals surface area (Å²) < 4.78 is 23.0. The Morgan fingerprint density at radius 2 is 1.96 bits per heavy atom. The van der Waals surface area contributed by atoms with Crippen LogP contribution in [0.25, 0.3) is 0 Å². The second kappa shape index (κ2) is 7.04. The lowest BCUT2D eigenvalue weighted by Gasteiger charge is -2.29. The number of benzene rings is 1. The zero-order valence-corrected chi connectivity index (χ0v) is 12.8. The van der Waals surface area contributed by atoms with E-state index >= 15 is 0 Å². The molecule has 2 rings (SSSR count). The van der Waals surface area contributed by atoms with Gasteiger partial charge in [-0.05, 0) is 24.6 Å². The van der Waals surface area contributed by atoms with E-state index in [9.17, 15) is 14.0 Å². The molecule has 1 aliphatic heterocycles. The number of amidine groups is 1. The zero-order chi connectivity index (χ0) is 17.0. The van der Waals surface area contributed by atoms with Crippen LogP contribution in [0.1, 0.15) is 18.4 Å². The van der Waals surface area contributed by atoms with Gasteiger partial charge in [0, 0.05) is 12.1 Å². The molecule has 0 amide bonds. The molecule has 6 nitrogen and oxygen atoms in total. The zero-order valence-electron chi connectivity index (χ0n) is 12.8. The third kappa shape index (κ3) is 3.39. The van der Waals surface area contributed by atoms with E-state index in [1.54, 1.807) is 6.92 Å². The summed E-state index contributed by atoms with van der Waals surface area (Å²) in [5.74, 6) is -3.35. The molecule has 0 aliphatic carbocycles. The number of ether oxygens (including phenoxy) is 2. The number of hydrogen-bond acceptors (Lipinski definition) is 6. The average Bonchev–Trinajstić information content (AvgIpc) is 2.54. The van der Waals surface area contributed by atoms with Crippen molar-refractivity contribution in [3.63, 3.8) is 0 Å². The molecule has 1 aromatic rings. The molecule has 1 heterocycles. The van der Waals surface area contributed by atoms with Gasteiger partial charge in [-0.1, -0.05) is 12.1 Å². The van der Waals surface area contributed by atoms with Gasteiger partial charge in [0.1, 0.15) is 17.6 Å². The Bertz CT molecular complexity index is 667. The van der Waals surface area contributed by atoms with Crippen molar-refractivity contribution in [3.8, 4) is 0 Å². The van der Waals surface area contributed by atoms with Crippen LogP contribution in [-0.2, 0) is 19.1 Å². The number of methoxy groups -OCH3 is 1. The van der Waals surface area contributed by atoms with Crippen molar-refractivity contribution in [2.45, 2.75) is 12.8 Å². The monoisotopic (exact) mass is 320 g/mol. The third-order valence-electron chi connectivity index (χ3n) is 3.53. The highest BCUT2D eigenvalue weighted by molar-refractivity contribution is 6.05. The van der Waals surface area contributed by atoms with E-state index in [-0.39, 0.29) is 18.0 Å². The summed E-state index contributed by atoms with van der Waals surface area (Å²) in [6, 6.07) is 5.46. The Morgan fingerprint density at radius 1 is 1.30 bits per heavy atom. The van der Waals surface area contributed by atoms with Crippen LogP contribution in [0.2, 0.25) is 0 Å². The van der Waals surface area contributed by atoms with Gasteiger partial charge in [-0.15, -0.1) is 0 Å².